The van der Waals surface area contributed by atoms with Crippen molar-refractivity contribution in [2.75, 3.05) is 0 Å². The molecule has 3 rings (SSSR count). The molecule has 0 aliphatic carbocycles. The first-order chi connectivity index (χ1) is 11.5. The number of H-pyrrole nitrogens is 1. The molecule has 2 aromatic carbocycles. The molecule has 0 atom stereocenters. The summed E-state index contributed by atoms with van der Waals surface area (Å²) in [5, 5.41) is 22.0. The van der Waals surface area contributed by atoms with Gasteiger partial charge in [0.25, 0.3) is 5.69 Å². The summed E-state index contributed by atoms with van der Waals surface area (Å²) >= 11 is 5.22. The smallest absolute Gasteiger partial charge is 0.258 e. The van der Waals surface area contributed by atoms with Crippen molar-refractivity contribution in [3.8, 4) is 11.4 Å². The van der Waals surface area contributed by atoms with Gasteiger partial charge in [-0.25, -0.2) is 5.10 Å². The van der Waals surface area contributed by atoms with Crippen LogP contribution in [0.1, 0.15) is 11.1 Å². The number of nitrogens with one attached hydrogen (secondary N) is 1. The largest absolute Gasteiger partial charge is 0.269 e. The average Bonchev–Trinajstić information content (AvgIpc) is 2.94. The predicted octanol–water partition coefficient (Wildman–Crippen LogP) is 3.71. The van der Waals surface area contributed by atoms with Gasteiger partial charge in [-0.05, 0) is 42.9 Å². The van der Waals surface area contributed by atoms with Gasteiger partial charge in [0.05, 0.1) is 11.1 Å². The number of non-ortho nitro benzene ring substituents is 1. The van der Waals surface area contributed by atoms with Gasteiger partial charge in [0.2, 0.25) is 4.77 Å². The monoisotopic (exact) mass is 339 g/mol. The van der Waals surface area contributed by atoms with Crippen LogP contribution < -0.4 is 0 Å². The van der Waals surface area contributed by atoms with Crippen LogP contribution in [-0.2, 0) is 0 Å². The van der Waals surface area contributed by atoms with Crippen LogP contribution >= 0.6 is 12.2 Å². The van der Waals surface area contributed by atoms with Crippen LogP contribution in [0.15, 0.2) is 53.6 Å². The highest BCUT2D eigenvalue weighted by Crippen LogP contribution is 2.18. The van der Waals surface area contributed by atoms with Crippen LogP contribution in [0.4, 0.5) is 5.69 Å². The number of rotatable bonds is 4. The zero-order valence-electron chi connectivity index (χ0n) is 12.7. The Morgan fingerprint density at radius 2 is 2.04 bits per heavy atom. The third-order valence-corrected chi connectivity index (χ3v) is 3.62. The van der Waals surface area contributed by atoms with E-state index in [1.807, 2.05) is 31.2 Å². The Morgan fingerprint density at radius 3 is 2.71 bits per heavy atom. The van der Waals surface area contributed by atoms with Crippen molar-refractivity contribution >= 4 is 24.1 Å². The molecule has 1 N–H and O–H groups in total. The summed E-state index contributed by atoms with van der Waals surface area (Å²) in [7, 11) is 0. The molecule has 8 heteroatoms. The highest BCUT2D eigenvalue weighted by molar-refractivity contribution is 7.71. The van der Waals surface area contributed by atoms with Gasteiger partial charge in [-0.15, -0.1) is 0 Å². The van der Waals surface area contributed by atoms with Gasteiger partial charge in [0.15, 0.2) is 5.82 Å². The van der Waals surface area contributed by atoms with E-state index in [-0.39, 0.29) is 5.69 Å². The van der Waals surface area contributed by atoms with Crippen LogP contribution in [0.5, 0.6) is 0 Å². The third kappa shape index (κ3) is 3.28. The van der Waals surface area contributed by atoms with Crippen LogP contribution in [0.2, 0.25) is 0 Å². The number of aromatic amines is 1. The number of benzene rings is 2. The predicted molar refractivity (Wildman–Crippen MR) is 93.7 cm³/mol. The van der Waals surface area contributed by atoms with E-state index in [2.05, 4.69) is 15.3 Å². The Labute approximate surface area is 142 Å². The summed E-state index contributed by atoms with van der Waals surface area (Å²) in [4.78, 5) is 10.2. The van der Waals surface area contributed by atoms with Gasteiger partial charge >= 0.3 is 0 Å². The van der Waals surface area contributed by atoms with Crippen molar-refractivity contribution in [1.29, 1.82) is 0 Å². The number of nitro groups is 1. The summed E-state index contributed by atoms with van der Waals surface area (Å²) in [5.41, 5.74) is 2.75. The number of hydrogen-bond donors (Lipinski definition) is 1. The molecule has 0 saturated heterocycles. The van der Waals surface area contributed by atoms with Crippen molar-refractivity contribution in [3.63, 3.8) is 0 Å². The van der Waals surface area contributed by atoms with Crippen molar-refractivity contribution in [2.45, 2.75) is 6.92 Å². The molecular weight excluding hydrogens is 326 g/mol. The number of aromatic nitrogens is 3. The minimum Gasteiger partial charge on any atom is -0.258 e. The van der Waals surface area contributed by atoms with E-state index in [1.54, 1.807) is 18.3 Å². The molecule has 1 aromatic heterocycles. The average molecular weight is 339 g/mol. The van der Waals surface area contributed by atoms with Gasteiger partial charge in [-0.2, -0.15) is 14.9 Å². The minimum absolute atomic E-state index is 0.0347. The molecule has 0 radical (unpaired) electrons. The zero-order chi connectivity index (χ0) is 17.1. The summed E-state index contributed by atoms with van der Waals surface area (Å²) in [5.74, 6) is 0.599. The van der Waals surface area contributed by atoms with E-state index in [0.717, 1.165) is 16.7 Å². The molecule has 3 aromatic rings. The maximum atomic E-state index is 10.7. The number of nitrogens with zero attached hydrogens (tertiary/aromatic N) is 4. The lowest BCUT2D eigenvalue weighted by Gasteiger charge is -2.02. The summed E-state index contributed by atoms with van der Waals surface area (Å²) in [6, 6.07) is 13.9. The van der Waals surface area contributed by atoms with Gasteiger partial charge in [0.1, 0.15) is 0 Å². The van der Waals surface area contributed by atoms with Gasteiger partial charge in [-0.1, -0.05) is 23.8 Å². The van der Waals surface area contributed by atoms with Crippen LogP contribution in [0, 0.1) is 21.8 Å². The number of hydrogen-bond acceptors (Lipinski definition) is 5. The second-order valence-corrected chi connectivity index (χ2v) is 5.51. The highest BCUT2D eigenvalue weighted by atomic mass is 32.1. The molecule has 120 valence electrons. The third-order valence-electron chi connectivity index (χ3n) is 3.35. The molecular formula is C16H13N5O2S. The molecule has 24 heavy (non-hydrogen) atoms. The van der Waals surface area contributed by atoms with Gasteiger partial charge in [-0.3, -0.25) is 10.1 Å². The fraction of sp³-hybridized carbons (Fsp3) is 0.0625. The van der Waals surface area contributed by atoms with E-state index >= 15 is 0 Å². The molecule has 0 unspecified atom stereocenters. The fourth-order valence-electron chi connectivity index (χ4n) is 2.18. The number of aryl methyl sites for hydroxylation is 1. The quantitative estimate of drug-likeness (QED) is 0.340. The van der Waals surface area contributed by atoms with Crippen LogP contribution in [0.25, 0.3) is 11.4 Å². The first kappa shape index (κ1) is 15.8. The first-order valence-corrected chi connectivity index (χ1v) is 7.49. The van der Waals surface area contributed by atoms with Gasteiger partial charge in [0, 0.05) is 17.7 Å². The summed E-state index contributed by atoms with van der Waals surface area (Å²) in [6.07, 6.45) is 1.58. The lowest BCUT2D eigenvalue weighted by Crippen LogP contribution is -1.95. The maximum absolute atomic E-state index is 10.7. The zero-order valence-corrected chi connectivity index (χ0v) is 13.5. The summed E-state index contributed by atoms with van der Waals surface area (Å²) < 4.78 is 1.88. The SMILES string of the molecule is Cc1cccc(-c2n[nH]c(=S)n2/N=C\c2ccc([N+](=O)[O-])cc2)c1. The van der Waals surface area contributed by atoms with Crippen molar-refractivity contribution in [2.24, 2.45) is 5.10 Å². The molecule has 0 bridgehead atoms. The lowest BCUT2D eigenvalue weighted by atomic mass is 10.1. The van der Waals surface area contributed by atoms with E-state index < -0.39 is 4.92 Å². The molecule has 0 aliphatic heterocycles. The fourth-order valence-corrected chi connectivity index (χ4v) is 2.36. The van der Waals surface area contributed by atoms with Crippen molar-refractivity contribution in [1.82, 2.24) is 14.9 Å². The molecule has 0 amide bonds. The Kier molecular flexibility index (Phi) is 4.30. The van der Waals surface area contributed by atoms with Crippen molar-refractivity contribution in [3.05, 3.63) is 74.5 Å². The molecule has 1 heterocycles. The normalized spacial score (nSPS) is 11.0. The second kappa shape index (κ2) is 6.55. The molecule has 7 nitrogen and oxygen atoms in total. The molecule has 0 fully saturated rings. The van der Waals surface area contributed by atoms with Gasteiger partial charge < -0.3 is 0 Å². The van der Waals surface area contributed by atoms with Crippen LogP contribution in [0.3, 0.4) is 0 Å². The topological polar surface area (TPSA) is 89.1 Å². The number of nitro benzene ring substituents is 1. The standard InChI is InChI=1S/C16H13N5O2S/c1-11-3-2-4-13(9-11)15-18-19-16(24)20(15)17-10-12-5-7-14(8-6-12)21(22)23/h2-10H,1H3,(H,19,24)/b17-10-. The minimum atomic E-state index is -0.442. The summed E-state index contributed by atoms with van der Waals surface area (Å²) in [6.45, 7) is 2.00. The van der Waals surface area contributed by atoms with E-state index in [9.17, 15) is 10.1 Å². The highest BCUT2D eigenvalue weighted by Gasteiger charge is 2.08. The van der Waals surface area contributed by atoms with E-state index in [0.29, 0.717) is 10.6 Å². The molecule has 0 aliphatic rings. The molecule has 0 saturated carbocycles. The van der Waals surface area contributed by atoms with E-state index in [1.165, 1.54) is 16.8 Å². The second-order valence-electron chi connectivity index (χ2n) is 5.13. The Bertz CT molecular complexity index is 973. The van der Waals surface area contributed by atoms with Crippen molar-refractivity contribution < 1.29 is 4.92 Å². The Hall–Kier alpha value is -3.13. The molecule has 0 spiro atoms. The van der Waals surface area contributed by atoms with Crippen LogP contribution in [-0.4, -0.2) is 26.0 Å². The van der Waals surface area contributed by atoms with E-state index in [4.69, 9.17) is 12.2 Å². The Morgan fingerprint density at radius 1 is 1.29 bits per heavy atom. The first-order valence-electron chi connectivity index (χ1n) is 7.08. The maximum Gasteiger partial charge on any atom is 0.269 e. The Balaban J connectivity index is 1.94. The lowest BCUT2D eigenvalue weighted by molar-refractivity contribution is -0.384.